The normalized spacial score (nSPS) is 11.7. The zero-order valence-corrected chi connectivity index (χ0v) is 14.5. The van der Waals surface area contributed by atoms with Crippen molar-refractivity contribution < 1.29 is 23.1 Å². The van der Waals surface area contributed by atoms with Gasteiger partial charge in [-0.25, -0.2) is 8.42 Å². The lowest BCUT2D eigenvalue weighted by Crippen LogP contribution is -2.43. The van der Waals surface area contributed by atoms with E-state index in [1.165, 1.54) is 29.2 Å². The highest BCUT2D eigenvalue weighted by atomic mass is 32.2. The van der Waals surface area contributed by atoms with Crippen LogP contribution in [0.2, 0.25) is 0 Å². The van der Waals surface area contributed by atoms with Crippen molar-refractivity contribution in [3.05, 3.63) is 29.8 Å². The number of amides is 1. The number of sulfonamides is 1. The monoisotopic (exact) mass is 342 g/mol. The van der Waals surface area contributed by atoms with Crippen LogP contribution in [-0.2, 0) is 26.0 Å². The second-order valence-electron chi connectivity index (χ2n) is 5.65. The van der Waals surface area contributed by atoms with Gasteiger partial charge in [-0.05, 0) is 31.5 Å². The van der Waals surface area contributed by atoms with Gasteiger partial charge in [0.15, 0.2) is 0 Å². The number of carboxylic acids is 1. The Labute approximate surface area is 136 Å². The Morgan fingerprint density at radius 1 is 1.13 bits per heavy atom. The summed E-state index contributed by atoms with van der Waals surface area (Å²) in [5, 5.41) is 8.74. The fourth-order valence-corrected chi connectivity index (χ4v) is 3.50. The molecule has 1 aromatic carbocycles. The third-order valence-electron chi connectivity index (χ3n) is 3.25. The van der Waals surface area contributed by atoms with Crippen molar-refractivity contribution in [2.75, 3.05) is 20.6 Å². The highest BCUT2D eigenvalue weighted by Crippen LogP contribution is 2.19. The van der Waals surface area contributed by atoms with Crippen LogP contribution in [0.5, 0.6) is 0 Å². The molecule has 7 nitrogen and oxygen atoms in total. The van der Waals surface area contributed by atoms with Gasteiger partial charge in [-0.3, -0.25) is 9.59 Å². The van der Waals surface area contributed by atoms with E-state index in [1.807, 2.05) is 0 Å². The van der Waals surface area contributed by atoms with Crippen molar-refractivity contribution in [2.45, 2.75) is 31.2 Å². The first-order chi connectivity index (χ1) is 10.6. The third-order valence-corrected chi connectivity index (χ3v) is 5.29. The van der Waals surface area contributed by atoms with E-state index >= 15 is 0 Å². The molecule has 1 rings (SSSR count). The molecule has 0 bridgehead atoms. The molecule has 0 fully saturated rings. The number of carbonyl (C=O) groups excluding carboxylic acids is 1. The number of likely N-dealkylation sites (N-methyl/N-ethyl adjacent to an activating group) is 1. The maximum Gasteiger partial charge on any atom is 0.307 e. The van der Waals surface area contributed by atoms with Crippen molar-refractivity contribution in [1.82, 2.24) is 9.21 Å². The molecule has 0 saturated carbocycles. The first kappa shape index (κ1) is 19.1. The third kappa shape index (κ3) is 5.04. The number of rotatable bonds is 7. The topological polar surface area (TPSA) is 95.0 Å². The largest absolute Gasteiger partial charge is 0.481 e. The molecule has 0 aliphatic heterocycles. The number of benzene rings is 1. The Balaban J connectivity index is 3.10. The van der Waals surface area contributed by atoms with Crippen LogP contribution < -0.4 is 0 Å². The van der Waals surface area contributed by atoms with Crippen molar-refractivity contribution in [1.29, 1.82) is 0 Å². The van der Waals surface area contributed by atoms with Crippen molar-refractivity contribution in [3.63, 3.8) is 0 Å². The highest BCUT2D eigenvalue weighted by Gasteiger charge is 2.29. The number of carboxylic acid groups (broad SMARTS) is 1. The fraction of sp³-hybridized carbons (Fsp3) is 0.467. The molecule has 0 saturated heterocycles. The average molecular weight is 342 g/mol. The quantitative estimate of drug-likeness (QED) is 0.791. The predicted octanol–water partition coefficient (Wildman–Crippen LogP) is 0.801. The predicted molar refractivity (Wildman–Crippen MR) is 85.5 cm³/mol. The van der Waals surface area contributed by atoms with Crippen LogP contribution >= 0.6 is 0 Å². The van der Waals surface area contributed by atoms with E-state index in [0.29, 0.717) is 5.56 Å². The number of hydrogen-bond acceptors (Lipinski definition) is 4. The second-order valence-corrected chi connectivity index (χ2v) is 7.54. The summed E-state index contributed by atoms with van der Waals surface area (Å²) in [7, 11) is -0.708. The Bertz CT molecular complexity index is 666. The molecular weight excluding hydrogens is 320 g/mol. The van der Waals surface area contributed by atoms with Gasteiger partial charge in [-0.2, -0.15) is 4.31 Å². The molecule has 1 aromatic rings. The molecule has 0 aliphatic carbocycles. The molecule has 0 atom stereocenters. The summed E-state index contributed by atoms with van der Waals surface area (Å²) in [5.41, 5.74) is 0.511. The lowest BCUT2D eigenvalue weighted by Gasteiger charge is -2.26. The van der Waals surface area contributed by atoms with Gasteiger partial charge >= 0.3 is 5.97 Å². The molecule has 0 aliphatic rings. The van der Waals surface area contributed by atoms with Crippen LogP contribution in [0.15, 0.2) is 29.2 Å². The minimum Gasteiger partial charge on any atom is -0.481 e. The minimum absolute atomic E-state index is 0.0342. The van der Waals surface area contributed by atoms with E-state index in [2.05, 4.69) is 0 Å². The molecule has 0 unspecified atom stereocenters. The Morgan fingerprint density at radius 2 is 1.65 bits per heavy atom. The SMILES string of the molecule is CC(C)N(CC(=O)N(C)C)S(=O)(=O)c1ccc(CC(=O)O)cc1. The first-order valence-corrected chi connectivity index (χ1v) is 8.52. The van der Waals surface area contributed by atoms with Gasteiger partial charge in [-0.15, -0.1) is 0 Å². The van der Waals surface area contributed by atoms with Crippen LogP contribution in [-0.4, -0.2) is 61.3 Å². The van der Waals surface area contributed by atoms with E-state index in [9.17, 15) is 18.0 Å². The summed E-state index contributed by atoms with van der Waals surface area (Å²) in [5.74, 6) is -1.30. The smallest absolute Gasteiger partial charge is 0.307 e. The summed E-state index contributed by atoms with van der Waals surface area (Å²) >= 11 is 0. The number of carbonyl (C=O) groups is 2. The Hall–Kier alpha value is -1.93. The van der Waals surface area contributed by atoms with E-state index in [0.717, 1.165) is 4.31 Å². The molecular formula is C15H22N2O5S. The van der Waals surface area contributed by atoms with E-state index in [-0.39, 0.29) is 29.8 Å². The van der Waals surface area contributed by atoms with Gasteiger partial charge in [-0.1, -0.05) is 12.1 Å². The molecule has 1 amide bonds. The summed E-state index contributed by atoms with van der Waals surface area (Å²) in [6, 6.07) is 5.27. The van der Waals surface area contributed by atoms with Gasteiger partial charge in [0.05, 0.1) is 17.9 Å². The van der Waals surface area contributed by atoms with Crippen LogP contribution in [0.4, 0.5) is 0 Å². The van der Waals surface area contributed by atoms with E-state index in [1.54, 1.807) is 27.9 Å². The molecule has 128 valence electrons. The lowest BCUT2D eigenvalue weighted by atomic mass is 10.2. The van der Waals surface area contributed by atoms with Gasteiger partial charge in [0.2, 0.25) is 15.9 Å². The summed E-state index contributed by atoms with van der Waals surface area (Å²) in [6.45, 7) is 3.14. The zero-order valence-electron chi connectivity index (χ0n) is 13.7. The highest BCUT2D eigenvalue weighted by molar-refractivity contribution is 7.89. The average Bonchev–Trinajstić information content (AvgIpc) is 2.43. The number of aliphatic carboxylic acids is 1. The standard InChI is InChI=1S/C15H22N2O5S/c1-11(2)17(10-14(18)16(3)4)23(21,22)13-7-5-12(6-8-13)9-15(19)20/h5-8,11H,9-10H2,1-4H3,(H,19,20). The molecule has 8 heteroatoms. The Kier molecular flexibility index (Phi) is 6.28. The molecule has 0 radical (unpaired) electrons. The van der Waals surface area contributed by atoms with Crippen LogP contribution in [0.3, 0.4) is 0 Å². The molecule has 23 heavy (non-hydrogen) atoms. The molecule has 0 spiro atoms. The zero-order chi connectivity index (χ0) is 17.8. The van der Waals surface area contributed by atoms with Gasteiger partial charge in [0, 0.05) is 20.1 Å². The van der Waals surface area contributed by atoms with Crippen LogP contribution in [0.1, 0.15) is 19.4 Å². The van der Waals surface area contributed by atoms with Gasteiger partial charge in [0.25, 0.3) is 0 Å². The Morgan fingerprint density at radius 3 is 2.04 bits per heavy atom. The lowest BCUT2D eigenvalue weighted by molar-refractivity contribution is -0.136. The van der Waals surface area contributed by atoms with Gasteiger partial charge in [0.1, 0.15) is 0 Å². The van der Waals surface area contributed by atoms with Crippen molar-refractivity contribution >= 4 is 21.9 Å². The molecule has 1 N–H and O–H groups in total. The van der Waals surface area contributed by atoms with Crippen molar-refractivity contribution in [2.24, 2.45) is 0 Å². The fourth-order valence-electron chi connectivity index (χ4n) is 1.91. The first-order valence-electron chi connectivity index (χ1n) is 7.08. The molecule has 0 aromatic heterocycles. The summed E-state index contributed by atoms with van der Waals surface area (Å²) in [6.07, 6.45) is -0.173. The molecule has 0 heterocycles. The van der Waals surface area contributed by atoms with Crippen molar-refractivity contribution in [3.8, 4) is 0 Å². The maximum absolute atomic E-state index is 12.7. The summed E-state index contributed by atoms with van der Waals surface area (Å²) < 4.78 is 26.5. The number of hydrogen-bond donors (Lipinski definition) is 1. The minimum atomic E-state index is -3.84. The van der Waals surface area contributed by atoms with Crippen LogP contribution in [0.25, 0.3) is 0 Å². The van der Waals surface area contributed by atoms with Crippen LogP contribution in [0, 0.1) is 0 Å². The number of nitrogens with zero attached hydrogens (tertiary/aromatic N) is 2. The maximum atomic E-state index is 12.7. The summed E-state index contributed by atoms with van der Waals surface area (Å²) in [4.78, 5) is 23.9. The van der Waals surface area contributed by atoms with E-state index < -0.39 is 16.0 Å². The second kappa shape index (κ2) is 7.56. The van der Waals surface area contributed by atoms with E-state index in [4.69, 9.17) is 5.11 Å². The van der Waals surface area contributed by atoms with Gasteiger partial charge < -0.3 is 10.0 Å².